The van der Waals surface area contributed by atoms with Gasteiger partial charge in [0.25, 0.3) is 0 Å². The van der Waals surface area contributed by atoms with Gasteiger partial charge in [-0.25, -0.2) is 4.39 Å². The predicted octanol–water partition coefficient (Wildman–Crippen LogP) is 3.36. The number of hydrogen-bond acceptors (Lipinski definition) is 4. The van der Waals surface area contributed by atoms with Crippen LogP contribution in [0.4, 0.5) is 10.1 Å². The molecule has 0 saturated carbocycles. The van der Waals surface area contributed by atoms with Crippen LogP contribution in [0.15, 0.2) is 42.5 Å². The minimum Gasteiger partial charge on any atom is -0.454 e. The van der Waals surface area contributed by atoms with Gasteiger partial charge in [0.2, 0.25) is 6.79 Å². The highest BCUT2D eigenvalue weighted by Gasteiger charge is 2.21. The third kappa shape index (κ3) is 3.87. The third-order valence-electron chi connectivity index (χ3n) is 4.98. The number of nitrogens with zero attached hydrogens (tertiary/aromatic N) is 1. The lowest BCUT2D eigenvalue weighted by Crippen LogP contribution is -2.43. The molecular formula is C20H23FN2O2. The van der Waals surface area contributed by atoms with E-state index in [1.54, 1.807) is 0 Å². The second kappa shape index (κ2) is 7.31. The SMILES string of the molecule is Fc1ccc(CCNC2CCN(c3ccc4c(c3)OCO4)CC2)cc1. The molecule has 0 aromatic heterocycles. The molecule has 2 aromatic carbocycles. The summed E-state index contributed by atoms with van der Waals surface area (Å²) in [6, 6.07) is 13.5. The summed E-state index contributed by atoms with van der Waals surface area (Å²) in [4.78, 5) is 2.40. The Balaban J connectivity index is 1.23. The van der Waals surface area contributed by atoms with E-state index in [1.807, 2.05) is 18.2 Å². The first-order valence-corrected chi connectivity index (χ1v) is 8.90. The summed E-state index contributed by atoms with van der Waals surface area (Å²) in [7, 11) is 0. The van der Waals surface area contributed by atoms with E-state index in [0.717, 1.165) is 50.4 Å². The first kappa shape index (κ1) is 16.2. The fourth-order valence-electron chi connectivity index (χ4n) is 3.50. The molecular weight excluding hydrogens is 319 g/mol. The van der Waals surface area contributed by atoms with Crippen molar-refractivity contribution < 1.29 is 13.9 Å². The molecule has 0 bridgehead atoms. The Morgan fingerprint density at radius 2 is 1.76 bits per heavy atom. The number of nitrogens with one attached hydrogen (secondary N) is 1. The standard InChI is InChI=1S/C20H23FN2O2/c21-16-3-1-15(2-4-16)7-10-22-17-8-11-23(12-9-17)18-5-6-19-20(13-18)25-14-24-19/h1-6,13,17,22H,7-12,14H2. The van der Waals surface area contributed by atoms with Crippen molar-refractivity contribution in [2.45, 2.75) is 25.3 Å². The van der Waals surface area contributed by atoms with Gasteiger partial charge in [0.15, 0.2) is 11.5 Å². The fraction of sp³-hybridized carbons (Fsp3) is 0.400. The van der Waals surface area contributed by atoms with Gasteiger partial charge in [-0.15, -0.1) is 0 Å². The number of halogens is 1. The number of rotatable bonds is 5. The van der Waals surface area contributed by atoms with Crippen LogP contribution in [0, 0.1) is 5.82 Å². The van der Waals surface area contributed by atoms with Crippen LogP contribution in [0.3, 0.4) is 0 Å². The average molecular weight is 342 g/mol. The lowest BCUT2D eigenvalue weighted by atomic mass is 10.0. The van der Waals surface area contributed by atoms with Crippen LogP contribution in [0.25, 0.3) is 0 Å². The summed E-state index contributed by atoms with van der Waals surface area (Å²) in [5, 5.41) is 3.63. The maximum atomic E-state index is 12.9. The van der Waals surface area contributed by atoms with E-state index in [1.165, 1.54) is 23.4 Å². The van der Waals surface area contributed by atoms with Crippen LogP contribution in [-0.4, -0.2) is 32.5 Å². The Kier molecular flexibility index (Phi) is 4.74. The van der Waals surface area contributed by atoms with Crippen molar-refractivity contribution in [1.82, 2.24) is 5.32 Å². The molecule has 132 valence electrons. The summed E-state index contributed by atoms with van der Waals surface area (Å²) < 4.78 is 23.8. The minimum absolute atomic E-state index is 0.174. The lowest BCUT2D eigenvalue weighted by Gasteiger charge is -2.34. The zero-order chi connectivity index (χ0) is 17.1. The van der Waals surface area contributed by atoms with Gasteiger partial charge in [-0.05, 0) is 55.6 Å². The molecule has 0 amide bonds. The molecule has 4 nitrogen and oxygen atoms in total. The Hall–Kier alpha value is -2.27. The van der Waals surface area contributed by atoms with E-state index < -0.39 is 0 Å². The Bertz CT molecular complexity index is 712. The van der Waals surface area contributed by atoms with Crippen molar-refractivity contribution in [3.8, 4) is 11.5 Å². The van der Waals surface area contributed by atoms with Crippen molar-refractivity contribution in [2.24, 2.45) is 0 Å². The third-order valence-corrected chi connectivity index (χ3v) is 4.98. The summed E-state index contributed by atoms with van der Waals surface area (Å²) in [5.74, 6) is 1.51. The topological polar surface area (TPSA) is 33.7 Å². The molecule has 1 saturated heterocycles. The molecule has 5 heteroatoms. The molecule has 0 spiro atoms. The second-order valence-corrected chi connectivity index (χ2v) is 6.63. The van der Waals surface area contributed by atoms with E-state index in [4.69, 9.17) is 9.47 Å². The molecule has 1 N–H and O–H groups in total. The molecule has 0 atom stereocenters. The van der Waals surface area contributed by atoms with Gasteiger partial charge in [-0.3, -0.25) is 0 Å². The second-order valence-electron chi connectivity index (χ2n) is 6.63. The summed E-state index contributed by atoms with van der Waals surface area (Å²) in [5.41, 5.74) is 2.38. The van der Waals surface area contributed by atoms with Gasteiger partial charge in [0, 0.05) is 30.9 Å². The molecule has 2 heterocycles. The first-order valence-electron chi connectivity index (χ1n) is 8.90. The lowest BCUT2D eigenvalue weighted by molar-refractivity contribution is 0.174. The highest BCUT2D eigenvalue weighted by molar-refractivity contribution is 5.57. The Morgan fingerprint density at radius 3 is 2.56 bits per heavy atom. The molecule has 0 unspecified atom stereocenters. The summed E-state index contributed by atoms with van der Waals surface area (Å²) >= 11 is 0. The van der Waals surface area contributed by atoms with E-state index in [2.05, 4.69) is 22.3 Å². The van der Waals surface area contributed by atoms with Crippen LogP contribution >= 0.6 is 0 Å². The van der Waals surface area contributed by atoms with Gasteiger partial charge < -0.3 is 19.7 Å². The molecule has 2 aliphatic rings. The average Bonchev–Trinajstić information content (AvgIpc) is 3.12. The van der Waals surface area contributed by atoms with Crippen molar-refractivity contribution in [3.63, 3.8) is 0 Å². The molecule has 0 radical (unpaired) electrons. The van der Waals surface area contributed by atoms with Crippen molar-refractivity contribution in [1.29, 1.82) is 0 Å². The van der Waals surface area contributed by atoms with Gasteiger partial charge in [-0.2, -0.15) is 0 Å². The van der Waals surface area contributed by atoms with Crippen LogP contribution in [0.5, 0.6) is 11.5 Å². The van der Waals surface area contributed by atoms with Gasteiger partial charge in [0.1, 0.15) is 5.82 Å². The minimum atomic E-state index is -0.174. The summed E-state index contributed by atoms with van der Waals surface area (Å²) in [6.45, 7) is 3.32. The number of benzene rings is 2. The maximum Gasteiger partial charge on any atom is 0.231 e. The zero-order valence-electron chi connectivity index (χ0n) is 14.2. The van der Waals surface area contributed by atoms with E-state index >= 15 is 0 Å². The van der Waals surface area contributed by atoms with E-state index in [9.17, 15) is 4.39 Å². The maximum absolute atomic E-state index is 12.9. The van der Waals surface area contributed by atoms with Crippen LogP contribution in [-0.2, 0) is 6.42 Å². The van der Waals surface area contributed by atoms with Crippen molar-refractivity contribution in [3.05, 3.63) is 53.8 Å². The van der Waals surface area contributed by atoms with Crippen molar-refractivity contribution in [2.75, 3.05) is 31.3 Å². The van der Waals surface area contributed by atoms with E-state index in [0.29, 0.717) is 12.8 Å². The smallest absolute Gasteiger partial charge is 0.231 e. The molecule has 2 aromatic rings. The Labute approximate surface area is 147 Å². The molecule has 4 rings (SSSR count). The highest BCUT2D eigenvalue weighted by Crippen LogP contribution is 2.36. The van der Waals surface area contributed by atoms with Crippen LogP contribution in [0.2, 0.25) is 0 Å². The number of anilines is 1. The van der Waals surface area contributed by atoms with E-state index in [-0.39, 0.29) is 5.82 Å². The largest absolute Gasteiger partial charge is 0.454 e. The molecule has 25 heavy (non-hydrogen) atoms. The fourth-order valence-corrected chi connectivity index (χ4v) is 3.50. The Morgan fingerprint density at radius 1 is 1.00 bits per heavy atom. The zero-order valence-corrected chi connectivity index (χ0v) is 14.2. The van der Waals surface area contributed by atoms with Gasteiger partial charge >= 0.3 is 0 Å². The number of ether oxygens (including phenoxy) is 2. The molecule has 0 aliphatic carbocycles. The van der Waals surface area contributed by atoms with Crippen LogP contribution in [0.1, 0.15) is 18.4 Å². The molecule has 2 aliphatic heterocycles. The molecule has 1 fully saturated rings. The predicted molar refractivity (Wildman–Crippen MR) is 95.9 cm³/mol. The monoisotopic (exact) mass is 342 g/mol. The highest BCUT2D eigenvalue weighted by atomic mass is 19.1. The number of fused-ring (bicyclic) bond motifs is 1. The van der Waals surface area contributed by atoms with Crippen LogP contribution < -0.4 is 19.7 Å². The van der Waals surface area contributed by atoms with Gasteiger partial charge in [-0.1, -0.05) is 12.1 Å². The number of hydrogen-bond donors (Lipinski definition) is 1. The quantitative estimate of drug-likeness (QED) is 0.903. The summed E-state index contributed by atoms with van der Waals surface area (Å²) in [6.07, 6.45) is 3.18. The first-order chi connectivity index (χ1) is 12.3. The van der Waals surface area contributed by atoms with Crippen molar-refractivity contribution >= 4 is 5.69 Å². The number of piperidine rings is 1. The normalized spacial score (nSPS) is 17.1. The van der Waals surface area contributed by atoms with Gasteiger partial charge in [0.05, 0.1) is 0 Å².